The summed E-state index contributed by atoms with van der Waals surface area (Å²) in [7, 11) is 0. The van der Waals surface area contributed by atoms with E-state index in [1.807, 2.05) is 5.43 Å². The molecule has 0 aromatic carbocycles. The summed E-state index contributed by atoms with van der Waals surface area (Å²) in [5.41, 5.74) is 2.04. The molecule has 0 saturated heterocycles. The molecule has 2 N–H and O–H groups in total. The first kappa shape index (κ1) is 10.7. The molecule has 1 heterocycles. The second-order valence-electron chi connectivity index (χ2n) is 3.10. The third-order valence-electron chi connectivity index (χ3n) is 1.73. The summed E-state index contributed by atoms with van der Waals surface area (Å²) in [6, 6.07) is -1.45. The first-order valence-electron chi connectivity index (χ1n) is 3.83. The van der Waals surface area contributed by atoms with Crippen LogP contribution in [0.5, 0.6) is 0 Å². The highest BCUT2D eigenvalue weighted by Gasteiger charge is 2.38. The van der Waals surface area contributed by atoms with Crippen molar-refractivity contribution in [1.29, 1.82) is 0 Å². The number of halogens is 3. The Labute approximate surface area is 78.0 Å². The monoisotopic (exact) mass is 210 g/mol. The Morgan fingerprint density at radius 1 is 1.79 bits per heavy atom. The van der Waals surface area contributed by atoms with Gasteiger partial charge in [0, 0.05) is 6.42 Å². The van der Waals surface area contributed by atoms with Gasteiger partial charge in [-0.05, 0) is 6.92 Å². The van der Waals surface area contributed by atoms with Gasteiger partial charge < -0.3 is 5.11 Å². The standard InChI is InChI=1S/C7H9F3N2O2/c1-7(9,10)2-5-4(8)3-11-12(5)6(13)14/h3,5,11H,2H2,1H3,(H,13,14). The minimum Gasteiger partial charge on any atom is -0.464 e. The molecule has 0 aromatic heterocycles. The molecular formula is C7H9F3N2O2. The van der Waals surface area contributed by atoms with Gasteiger partial charge in [-0.2, -0.15) is 0 Å². The van der Waals surface area contributed by atoms with Gasteiger partial charge in [-0.1, -0.05) is 0 Å². The van der Waals surface area contributed by atoms with Gasteiger partial charge >= 0.3 is 6.09 Å². The molecule has 0 fully saturated rings. The molecule has 14 heavy (non-hydrogen) atoms. The van der Waals surface area contributed by atoms with Gasteiger partial charge in [-0.15, -0.1) is 0 Å². The number of hydrogen-bond donors (Lipinski definition) is 2. The van der Waals surface area contributed by atoms with Crippen molar-refractivity contribution in [3.63, 3.8) is 0 Å². The van der Waals surface area contributed by atoms with E-state index in [-0.39, 0.29) is 0 Å². The zero-order chi connectivity index (χ0) is 10.9. The number of hydrogen-bond acceptors (Lipinski definition) is 2. The molecule has 0 aliphatic carbocycles. The zero-order valence-electron chi connectivity index (χ0n) is 7.30. The maximum atomic E-state index is 12.9. The Balaban J connectivity index is 2.73. The van der Waals surface area contributed by atoms with Gasteiger partial charge in [0.25, 0.3) is 0 Å². The fraction of sp³-hybridized carbons (Fsp3) is 0.571. The highest BCUT2D eigenvalue weighted by atomic mass is 19.3. The van der Waals surface area contributed by atoms with Crippen molar-refractivity contribution in [2.75, 3.05) is 0 Å². The third-order valence-corrected chi connectivity index (χ3v) is 1.73. The van der Waals surface area contributed by atoms with Crippen LogP contribution in [0.4, 0.5) is 18.0 Å². The van der Waals surface area contributed by atoms with Gasteiger partial charge in [0.05, 0.1) is 6.20 Å². The fourth-order valence-electron chi connectivity index (χ4n) is 1.16. The van der Waals surface area contributed by atoms with Crippen molar-refractivity contribution in [2.45, 2.75) is 25.3 Å². The average Bonchev–Trinajstić information content (AvgIpc) is 2.29. The van der Waals surface area contributed by atoms with Crippen molar-refractivity contribution in [3.8, 4) is 0 Å². The van der Waals surface area contributed by atoms with Crippen molar-refractivity contribution in [3.05, 3.63) is 12.0 Å². The van der Waals surface area contributed by atoms with Gasteiger partial charge in [0.1, 0.15) is 11.9 Å². The molecular weight excluding hydrogens is 201 g/mol. The number of nitrogens with one attached hydrogen (secondary N) is 1. The maximum Gasteiger partial charge on any atom is 0.426 e. The second kappa shape index (κ2) is 3.39. The van der Waals surface area contributed by atoms with Crippen LogP contribution in [-0.4, -0.2) is 28.2 Å². The van der Waals surface area contributed by atoms with Crippen LogP contribution in [0, 0.1) is 0 Å². The van der Waals surface area contributed by atoms with E-state index in [0.717, 1.165) is 6.20 Å². The molecule has 0 saturated carbocycles. The highest BCUT2D eigenvalue weighted by Crippen LogP contribution is 2.28. The molecule has 1 atom stereocenters. The lowest BCUT2D eigenvalue weighted by Crippen LogP contribution is -2.44. The SMILES string of the molecule is CC(F)(F)CC1C(F)=CNN1C(=O)O. The van der Waals surface area contributed by atoms with Crippen molar-refractivity contribution in [2.24, 2.45) is 0 Å². The van der Waals surface area contributed by atoms with Crippen LogP contribution >= 0.6 is 0 Å². The predicted molar refractivity (Wildman–Crippen MR) is 41.2 cm³/mol. The molecule has 0 radical (unpaired) electrons. The summed E-state index contributed by atoms with van der Waals surface area (Å²) in [4.78, 5) is 10.5. The molecule has 1 rings (SSSR count). The molecule has 1 aliphatic heterocycles. The first-order chi connectivity index (χ1) is 6.31. The molecule has 1 aliphatic rings. The van der Waals surface area contributed by atoms with E-state index in [9.17, 15) is 18.0 Å². The average molecular weight is 210 g/mol. The summed E-state index contributed by atoms with van der Waals surface area (Å²) >= 11 is 0. The van der Waals surface area contributed by atoms with Gasteiger partial charge in [-0.3, -0.25) is 5.43 Å². The normalized spacial score (nSPS) is 21.9. The maximum absolute atomic E-state index is 12.9. The van der Waals surface area contributed by atoms with Gasteiger partial charge in [-0.25, -0.2) is 23.0 Å². The number of carbonyl (C=O) groups is 1. The van der Waals surface area contributed by atoms with Crippen LogP contribution in [-0.2, 0) is 0 Å². The molecule has 7 heteroatoms. The van der Waals surface area contributed by atoms with E-state index < -0.39 is 30.3 Å². The molecule has 0 spiro atoms. The van der Waals surface area contributed by atoms with Crippen LogP contribution in [0.3, 0.4) is 0 Å². The zero-order valence-corrected chi connectivity index (χ0v) is 7.30. The van der Waals surface area contributed by atoms with Crippen LogP contribution in [0.1, 0.15) is 13.3 Å². The largest absolute Gasteiger partial charge is 0.464 e. The fourth-order valence-corrected chi connectivity index (χ4v) is 1.16. The van der Waals surface area contributed by atoms with E-state index in [4.69, 9.17) is 5.11 Å². The molecule has 1 amide bonds. The van der Waals surface area contributed by atoms with Crippen LogP contribution in [0.2, 0.25) is 0 Å². The quantitative estimate of drug-likeness (QED) is 0.729. The Kier molecular flexibility index (Phi) is 2.59. The lowest BCUT2D eigenvalue weighted by atomic mass is 10.1. The summed E-state index contributed by atoms with van der Waals surface area (Å²) in [5.74, 6) is -4.02. The van der Waals surface area contributed by atoms with E-state index in [1.54, 1.807) is 0 Å². The van der Waals surface area contributed by atoms with Crippen molar-refractivity contribution >= 4 is 6.09 Å². The molecule has 1 unspecified atom stereocenters. The Bertz CT molecular complexity index is 275. The minimum atomic E-state index is -3.12. The van der Waals surface area contributed by atoms with Gasteiger partial charge in [0.15, 0.2) is 0 Å². The van der Waals surface area contributed by atoms with Crippen LogP contribution in [0.25, 0.3) is 0 Å². The number of nitrogens with zero attached hydrogens (tertiary/aromatic N) is 1. The van der Waals surface area contributed by atoms with Crippen molar-refractivity contribution in [1.82, 2.24) is 10.4 Å². The topological polar surface area (TPSA) is 52.6 Å². The van der Waals surface area contributed by atoms with E-state index in [1.165, 1.54) is 0 Å². The third kappa shape index (κ3) is 2.30. The Morgan fingerprint density at radius 3 is 2.79 bits per heavy atom. The Hall–Kier alpha value is -1.40. The minimum absolute atomic E-state index is 0.409. The first-order valence-corrected chi connectivity index (χ1v) is 3.83. The molecule has 4 nitrogen and oxygen atoms in total. The summed E-state index contributed by atoms with van der Waals surface area (Å²) in [5, 5.41) is 8.93. The number of alkyl halides is 2. The van der Waals surface area contributed by atoms with Gasteiger partial charge in [0.2, 0.25) is 5.92 Å². The highest BCUT2D eigenvalue weighted by molar-refractivity contribution is 5.66. The van der Waals surface area contributed by atoms with E-state index >= 15 is 0 Å². The number of hydrazine groups is 1. The number of rotatable bonds is 2. The van der Waals surface area contributed by atoms with Crippen molar-refractivity contribution < 1.29 is 23.1 Å². The molecule has 80 valence electrons. The molecule has 0 bridgehead atoms. The summed E-state index contributed by atoms with van der Waals surface area (Å²) in [6.07, 6.45) is -1.62. The number of amides is 1. The smallest absolute Gasteiger partial charge is 0.426 e. The Morgan fingerprint density at radius 2 is 2.36 bits per heavy atom. The predicted octanol–water partition coefficient (Wildman–Crippen LogP) is 1.71. The lowest BCUT2D eigenvalue weighted by molar-refractivity contribution is -0.0109. The van der Waals surface area contributed by atoms with Crippen LogP contribution < -0.4 is 5.43 Å². The van der Waals surface area contributed by atoms with E-state index in [0.29, 0.717) is 11.9 Å². The van der Waals surface area contributed by atoms with E-state index in [2.05, 4.69) is 0 Å². The van der Waals surface area contributed by atoms with Crippen LogP contribution in [0.15, 0.2) is 12.0 Å². The second-order valence-corrected chi connectivity index (χ2v) is 3.10. The molecule has 0 aromatic rings. The number of carboxylic acid groups (broad SMARTS) is 1. The summed E-state index contributed by atoms with van der Waals surface area (Å²) < 4.78 is 38.0. The summed E-state index contributed by atoms with van der Waals surface area (Å²) in [6.45, 7) is 0.610. The lowest BCUT2D eigenvalue weighted by Gasteiger charge is -2.23.